The quantitative estimate of drug-likeness (QED) is 0.854. The van der Waals surface area contributed by atoms with E-state index in [1.54, 1.807) is 13.0 Å². The third kappa shape index (κ3) is 1.89. The molecule has 0 atom stereocenters. The van der Waals surface area contributed by atoms with Crippen molar-refractivity contribution in [3.63, 3.8) is 0 Å². The summed E-state index contributed by atoms with van der Waals surface area (Å²) in [7, 11) is 1.85. The molecule has 0 unspecified atom stereocenters. The molecule has 1 aromatic carbocycles. The lowest BCUT2D eigenvalue weighted by atomic mass is 10.0. The van der Waals surface area contributed by atoms with Gasteiger partial charge in [-0.3, -0.25) is 0 Å². The molecule has 88 valence electrons. The summed E-state index contributed by atoms with van der Waals surface area (Å²) in [6, 6.07) is 5.52. The van der Waals surface area contributed by atoms with E-state index in [1.807, 2.05) is 19.2 Å². The first-order chi connectivity index (χ1) is 7.59. The highest BCUT2D eigenvalue weighted by Crippen LogP contribution is 2.49. The average molecular weight is 227 g/mol. The van der Waals surface area contributed by atoms with Crippen molar-refractivity contribution < 1.29 is 13.5 Å². The van der Waals surface area contributed by atoms with Crippen LogP contribution in [0.3, 0.4) is 0 Å². The van der Waals surface area contributed by atoms with Crippen LogP contribution in [0.1, 0.15) is 24.0 Å². The summed E-state index contributed by atoms with van der Waals surface area (Å²) in [6.07, 6.45) is 1.93. The van der Waals surface area contributed by atoms with Crippen LogP contribution in [-0.2, 0) is 5.54 Å². The number of halogens is 2. The summed E-state index contributed by atoms with van der Waals surface area (Å²) in [6.45, 7) is -0.986. The second-order valence-corrected chi connectivity index (χ2v) is 4.16. The van der Waals surface area contributed by atoms with Crippen molar-refractivity contribution in [2.75, 3.05) is 7.05 Å². The van der Waals surface area contributed by atoms with Crippen molar-refractivity contribution in [2.45, 2.75) is 31.9 Å². The molecule has 2 rings (SSSR count). The number of nitrogens with one attached hydrogen (secondary N) is 1. The highest BCUT2D eigenvalue weighted by molar-refractivity contribution is 5.47. The van der Waals surface area contributed by atoms with Crippen LogP contribution in [0.25, 0.3) is 0 Å². The van der Waals surface area contributed by atoms with E-state index in [0.29, 0.717) is 5.75 Å². The van der Waals surface area contributed by atoms with E-state index in [0.717, 1.165) is 24.0 Å². The summed E-state index contributed by atoms with van der Waals surface area (Å²) >= 11 is 0. The van der Waals surface area contributed by atoms with Crippen LogP contribution >= 0.6 is 0 Å². The lowest BCUT2D eigenvalue weighted by molar-refractivity contribution is -0.0512. The molecule has 0 bridgehead atoms. The first-order valence-electron chi connectivity index (χ1n) is 5.33. The van der Waals surface area contributed by atoms with Gasteiger partial charge in [0.15, 0.2) is 0 Å². The van der Waals surface area contributed by atoms with Gasteiger partial charge in [0.05, 0.1) is 0 Å². The van der Waals surface area contributed by atoms with Gasteiger partial charge < -0.3 is 10.1 Å². The normalized spacial score (nSPS) is 17.6. The van der Waals surface area contributed by atoms with Gasteiger partial charge in [-0.1, -0.05) is 18.2 Å². The van der Waals surface area contributed by atoms with Crippen molar-refractivity contribution in [1.29, 1.82) is 0 Å². The zero-order valence-electron chi connectivity index (χ0n) is 9.39. The number of alkyl halides is 2. The Morgan fingerprint density at radius 3 is 2.56 bits per heavy atom. The Morgan fingerprint density at radius 2 is 2.06 bits per heavy atom. The molecule has 1 aliphatic rings. The Kier molecular flexibility index (Phi) is 2.84. The standard InChI is InChI=1S/C12H15F2NO/c1-8-4-3-5-9(10(8)16-11(13)14)12(15-2)6-7-12/h3-5,11,15H,6-7H2,1-2H3. The maximum atomic E-state index is 12.4. The molecule has 4 heteroatoms. The first-order valence-corrected chi connectivity index (χ1v) is 5.33. The zero-order valence-corrected chi connectivity index (χ0v) is 9.39. The van der Waals surface area contributed by atoms with Crippen molar-refractivity contribution in [3.8, 4) is 5.75 Å². The molecule has 0 aliphatic heterocycles. The fourth-order valence-corrected chi connectivity index (χ4v) is 2.05. The van der Waals surface area contributed by atoms with Gasteiger partial charge in [-0.15, -0.1) is 0 Å². The second kappa shape index (κ2) is 4.01. The minimum atomic E-state index is -2.77. The summed E-state index contributed by atoms with van der Waals surface area (Å²) < 4.78 is 29.3. The predicted molar refractivity (Wildman–Crippen MR) is 57.8 cm³/mol. The fraction of sp³-hybridized carbons (Fsp3) is 0.500. The molecule has 0 saturated heterocycles. The molecule has 1 fully saturated rings. The number of benzene rings is 1. The van der Waals surface area contributed by atoms with E-state index in [4.69, 9.17) is 0 Å². The number of hydrogen-bond donors (Lipinski definition) is 1. The highest BCUT2D eigenvalue weighted by Gasteiger charge is 2.45. The lowest BCUT2D eigenvalue weighted by Crippen LogP contribution is -2.25. The molecule has 0 amide bonds. The summed E-state index contributed by atoms with van der Waals surface area (Å²) in [5, 5.41) is 3.18. The van der Waals surface area contributed by atoms with Crippen molar-refractivity contribution in [1.82, 2.24) is 5.32 Å². The first kappa shape index (κ1) is 11.3. The van der Waals surface area contributed by atoms with Crippen molar-refractivity contribution in [3.05, 3.63) is 29.3 Å². The van der Waals surface area contributed by atoms with Gasteiger partial charge in [0.2, 0.25) is 0 Å². The van der Waals surface area contributed by atoms with Crippen molar-refractivity contribution >= 4 is 0 Å². The van der Waals surface area contributed by atoms with E-state index in [2.05, 4.69) is 10.1 Å². The summed E-state index contributed by atoms with van der Waals surface area (Å²) in [4.78, 5) is 0. The lowest BCUT2D eigenvalue weighted by Gasteiger charge is -2.20. The smallest absolute Gasteiger partial charge is 0.387 e. The summed E-state index contributed by atoms with van der Waals surface area (Å²) in [5.41, 5.74) is 1.44. The number of aryl methyl sites for hydroxylation is 1. The Labute approximate surface area is 93.6 Å². The Hall–Kier alpha value is -1.16. The Balaban J connectivity index is 2.40. The van der Waals surface area contributed by atoms with Gasteiger partial charge in [-0.2, -0.15) is 8.78 Å². The average Bonchev–Trinajstić information content (AvgIpc) is 3.01. The zero-order chi connectivity index (χ0) is 11.8. The van der Waals surface area contributed by atoms with Crippen LogP contribution in [0.2, 0.25) is 0 Å². The van der Waals surface area contributed by atoms with Crippen molar-refractivity contribution in [2.24, 2.45) is 0 Å². The van der Waals surface area contributed by atoms with E-state index in [-0.39, 0.29) is 5.54 Å². The molecule has 0 aromatic heterocycles. The number of rotatable bonds is 4. The third-order valence-corrected chi connectivity index (χ3v) is 3.16. The van der Waals surface area contributed by atoms with Gasteiger partial charge in [0, 0.05) is 11.1 Å². The monoisotopic (exact) mass is 227 g/mol. The topological polar surface area (TPSA) is 21.3 Å². The van der Waals surface area contributed by atoms with Gasteiger partial charge in [-0.25, -0.2) is 0 Å². The number of ether oxygens (including phenoxy) is 1. The third-order valence-electron chi connectivity index (χ3n) is 3.16. The number of para-hydroxylation sites is 1. The highest BCUT2D eigenvalue weighted by atomic mass is 19.3. The van der Waals surface area contributed by atoms with Gasteiger partial charge >= 0.3 is 6.61 Å². The maximum absolute atomic E-state index is 12.4. The number of hydrogen-bond acceptors (Lipinski definition) is 2. The van der Waals surface area contributed by atoms with Crippen LogP contribution in [0.5, 0.6) is 5.75 Å². The molecule has 1 aliphatic carbocycles. The van der Waals surface area contributed by atoms with E-state index < -0.39 is 6.61 Å². The largest absolute Gasteiger partial charge is 0.434 e. The maximum Gasteiger partial charge on any atom is 0.387 e. The van der Waals surface area contributed by atoms with E-state index in [1.165, 1.54) is 0 Å². The second-order valence-electron chi connectivity index (χ2n) is 4.16. The fourth-order valence-electron chi connectivity index (χ4n) is 2.05. The SMILES string of the molecule is CNC1(c2cccc(C)c2OC(F)F)CC1. The minimum absolute atomic E-state index is 0.157. The van der Waals surface area contributed by atoms with Crippen LogP contribution in [-0.4, -0.2) is 13.7 Å². The summed E-state index contributed by atoms with van der Waals surface area (Å²) in [5.74, 6) is 0.323. The molecule has 1 aromatic rings. The van der Waals surface area contributed by atoms with Crippen LogP contribution in [0.4, 0.5) is 8.78 Å². The molecular formula is C12H15F2NO. The van der Waals surface area contributed by atoms with E-state index in [9.17, 15) is 8.78 Å². The molecule has 0 heterocycles. The molecule has 1 saturated carbocycles. The van der Waals surface area contributed by atoms with Crippen LogP contribution < -0.4 is 10.1 Å². The predicted octanol–water partition coefficient (Wildman–Crippen LogP) is 2.80. The Bertz CT molecular complexity index is 389. The van der Waals surface area contributed by atoms with E-state index >= 15 is 0 Å². The molecular weight excluding hydrogens is 212 g/mol. The van der Waals surface area contributed by atoms with Crippen LogP contribution in [0, 0.1) is 6.92 Å². The van der Waals surface area contributed by atoms with Gasteiger partial charge in [-0.05, 0) is 32.4 Å². The minimum Gasteiger partial charge on any atom is -0.434 e. The van der Waals surface area contributed by atoms with Crippen LogP contribution in [0.15, 0.2) is 18.2 Å². The molecule has 0 spiro atoms. The Morgan fingerprint density at radius 1 is 1.38 bits per heavy atom. The molecule has 2 nitrogen and oxygen atoms in total. The molecule has 1 N–H and O–H groups in total. The molecule has 0 radical (unpaired) electrons. The van der Waals surface area contributed by atoms with Gasteiger partial charge in [0.1, 0.15) is 5.75 Å². The molecule has 16 heavy (non-hydrogen) atoms. The van der Waals surface area contributed by atoms with Gasteiger partial charge in [0.25, 0.3) is 0 Å².